The maximum absolute atomic E-state index is 2.41. The minimum absolute atomic E-state index is 1.12. The largest absolute Gasteiger partial charge is 0.369 e. The maximum Gasteiger partial charge on any atom is 0.369 e. The van der Waals surface area contributed by atoms with E-state index in [1.807, 2.05) is 83.1 Å². The fraction of sp³-hybridized carbons (Fsp3) is 0.388. The van der Waals surface area contributed by atoms with E-state index in [9.17, 15) is 0 Å². The van der Waals surface area contributed by atoms with Crippen molar-refractivity contribution >= 4 is 45.0 Å². The third-order valence-corrected chi connectivity index (χ3v) is 8.62. The quantitative estimate of drug-likeness (QED) is 0.158. The lowest BCUT2D eigenvalue weighted by Crippen LogP contribution is -2.39. The van der Waals surface area contributed by atoms with Crippen LogP contribution in [-0.2, 0) is 21.1 Å². The first kappa shape index (κ1) is 47.1. The summed E-state index contributed by atoms with van der Waals surface area (Å²) in [6.45, 7) is 28.4. The van der Waals surface area contributed by atoms with Crippen LogP contribution in [0.4, 0.5) is 0 Å². The van der Waals surface area contributed by atoms with Crippen molar-refractivity contribution in [3.63, 3.8) is 0 Å². The van der Waals surface area contributed by atoms with Gasteiger partial charge in [0.1, 0.15) is 22.1 Å². The monoisotopic (exact) mass is 732 g/mol. The molecule has 0 unspecified atom stereocenters. The summed E-state index contributed by atoms with van der Waals surface area (Å²) in [4.78, 5) is 0. The van der Waals surface area contributed by atoms with Crippen LogP contribution in [0.2, 0.25) is 0 Å². The van der Waals surface area contributed by atoms with Crippen LogP contribution in [0.1, 0.15) is 107 Å². The molecule has 4 aromatic heterocycles. The number of fused-ring (bicyclic) bond motifs is 6. The Hall–Kier alpha value is -4.90. The molecule has 4 heterocycles. The summed E-state index contributed by atoms with van der Waals surface area (Å²) in [7, 11) is 6.33. The summed E-state index contributed by atoms with van der Waals surface area (Å²) in [6, 6.07) is 28.1. The van der Waals surface area contributed by atoms with E-state index in [0.717, 1.165) is 12.8 Å². The smallest absolute Gasteiger partial charge is 0.237 e. The van der Waals surface area contributed by atoms with E-state index in [0.29, 0.717) is 0 Å². The number of imidazole rings is 1. The second-order valence-electron chi connectivity index (χ2n) is 11.4. The number of aryl methyl sites for hydroxylation is 5. The zero-order valence-electron chi connectivity index (χ0n) is 37.0. The molecule has 0 bridgehead atoms. The maximum atomic E-state index is 2.41. The number of benzene rings is 3. The Bertz CT molecular complexity index is 2240. The zero-order chi connectivity index (χ0) is 41.0. The van der Waals surface area contributed by atoms with E-state index in [4.69, 9.17) is 0 Å². The van der Waals surface area contributed by atoms with Crippen molar-refractivity contribution in [1.82, 2.24) is 13.7 Å². The zero-order valence-corrected chi connectivity index (χ0v) is 37.0. The van der Waals surface area contributed by atoms with Crippen molar-refractivity contribution in [3.8, 4) is 11.6 Å². The first-order chi connectivity index (χ1) is 26.5. The van der Waals surface area contributed by atoms with Crippen LogP contribution < -0.4 is 19.7 Å². The summed E-state index contributed by atoms with van der Waals surface area (Å²) in [6.07, 6.45) is 13.3. The molecule has 0 aliphatic heterocycles. The molecule has 0 amide bonds. The molecule has 54 heavy (non-hydrogen) atoms. The fourth-order valence-electron chi connectivity index (χ4n) is 6.68. The lowest BCUT2D eigenvalue weighted by molar-refractivity contribution is -0.665. The van der Waals surface area contributed by atoms with E-state index in [2.05, 4.69) is 167 Å². The second kappa shape index (κ2) is 24.4. The predicted molar refractivity (Wildman–Crippen MR) is 240 cm³/mol. The molecule has 292 valence electrons. The van der Waals surface area contributed by atoms with Gasteiger partial charge in [-0.15, -0.1) is 0 Å². The predicted octanol–water partition coefficient (Wildman–Crippen LogP) is 11.5. The van der Waals surface area contributed by atoms with Crippen LogP contribution in [0.5, 0.6) is 0 Å². The van der Waals surface area contributed by atoms with Gasteiger partial charge in [-0.25, -0.2) is 13.7 Å². The molecule has 1 aliphatic carbocycles. The van der Waals surface area contributed by atoms with Gasteiger partial charge in [-0.3, -0.25) is 0 Å². The van der Waals surface area contributed by atoms with Crippen LogP contribution >= 0.6 is 0 Å². The lowest BCUT2D eigenvalue weighted by atomic mass is 10.1. The van der Waals surface area contributed by atoms with Crippen LogP contribution in [-0.4, -0.2) is 13.7 Å². The molecule has 0 N–H and O–H groups in total. The van der Waals surface area contributed by atoms with Crippen molar-refractivity contribution in [3.05, 3.63) is 119 Å². The standard InChI is InChI=1S/C19H17N2.C18H20N3.6C2H6/c1-14-8-3-5-11-17(14)21-18-12-6-4-9-15(18)16-10-7-13-20(2)19(16)21;1-13-7-6-9-15-14-8-4-5-10-16(14)21(17(13)15)18-19(2)11-12-20(18)3;6*1-2/h3-13H,1-2H3;6-12H,4-5H2,1-3H3;6*1-2H3/q2*+1;;;;;;. The highest BCUT2D eigenvalue weighted by Gasteiger charge is 2.23. The van der Waals surface area contributed by atoms with Crippen molar-refractivity contribution < 1.29 is 9.13 Å². The van der Waals surface area contributed by atoms with Gasteiger partial charge in [0.05, 0.1) is 45.1 Å². The average molecular weight is 732 g/mol. The Balaban J connectivity index is 0.000000424. The van der Waals surface area contributed by atoms with Gasteiger partial charge < -0.3 is 0 Å². The molecule has 0 saturated heterocycles. The highest BCUT2D eigenvalue weighted by molar-refractivity contribution is 6.06. The van der Waals surface area contributed by atoms with Gasteiger partial charge in [-0.2, -0.15) is 9.13 Å². The fourth-order valence-corrected chi connectivity index (χ4v) is 6.68. The van der Waals surface area contributed by atoms with Crippen molar-refractivity contribution in [1.29, 1.82) is 0 Å². The summed E-state index contributed by atoms with van der Waals surface area (Å²) in [5, 5.41) is 6.68. The van der Waals surface area contributed by atoms with Gasteiger partial charge in [-0.05, 0) is 74.2 Å². The molecule has 5 heteroatoms. The topological polar surface area (TPSA) is 22.5 Å². The minimum Gasteiger partial charge on any atom is -0.237 e. The third kappa shape index (κ3) is 9.79. The molecule has 7 aromatic rings. The molecule has 0 saturated carbocycles. The van der Waals surface area contributed by atoms with Gasteiger partial charge in [0.15, 0.2) is 0 Å². The summed E-state index contributed by atoms with van der Waals surface area (Å²) in [5.41, 5.74) is 7.66. The Labute approximate surface area is 328 Å². The van der Waals surface area contributed by atoms with Gasteiger partial charge in [0.25, 0.3) is 5.65 Å². The molecule has 8 rings (SSSR count). The number of aromatic nitrogens is 5. The van der Waals surface area contributed by atoms with E-state index in [-0.39, 0.29) is 0 Å². The van der Waals surface area contributed by atoms with Crippen LogP contribution in [0.25, 0.3) is 56.6 Å². The molecule has 3 aromatic carbocycles. The van der Waals surface area contributed by atoms with Crippen LogP contribution in [0.3, 0.4) is 0 Å². The van der Waals surface area contributed by atoms with E-state index >= 15 is 0 Å². The first-order valence-electron chi connectivity index (χ1n) is 20.7. The number of hydrogen-bond acceptors (Lipinski definition) is 0. The Kier molecular flexibility index (Phi) is 21.3. The minimum atomic E-state index is 1.12. The first-order valence-corrected chi connectivity index (χ1v) is 20.7. The number of rotatable bonds is 2. The van der Waals surface area contributed by atoms with Gasteiger partial charge in [0.2, 0.25) is 0 Å². The number of nitrogens with zero attached hydrogens (tertiary/aromatic N) is 5. The van der Waals surface area contributed by atoms with E-state index in [1.54, 1.807) is 0 Å². The Morgan fingerprint density at radius 2 is 1.07 bits per heavy atom. The number of hydrogen-bond donors (Lipinski definition) is 0. The van der Waals surface area contributed by atoms with Gasteiger partial charge >= 0.3 is 5.95 Å². The molecule has 0 spiro atoms. The Morgan fingerprint density at radius 1 is 0.519 bits per heavy atom. The molecule has 0 fully saturated rings. The van der Waals surface area contributed by atoms with Crippen molar-refractivity contribution in [2.45, 2.75) is 110 Å². The van der Waals surface area contributed by atoms with Gasteiger partial charge in [-0.1, -0.05) is 138 Å². The van der Waals surface area contributed by atoms with Crippen molar-refractivity contribution in [2.75, 3.05) is 0 Å². The molecule has 0 atom stereocenters. The highest BCUT2D eigenvalue weighted by atomic mass is 15.3. The number of pyridine rings is 1. The third-order valence-electron chi connectivity index (χ3n) is 8.62. The molecule has 1 aliphatic rings. The van der Waals surface area contributed by atoms with E-state index < -0.39 is 0 Å². The second-order valence-corrected chi connectivity index (χ2v) is 11.4. The average Bonchev–Trinajstić information content (AvgIpc) is 3.89. The van der Waals surface area contributed by atoms with Crippen LogP contribution in [0, 0.1) is 13.8 Å². The molecule has 0 radical (unpaired) electrons. The molecular formula is C49H73N5+2. The Morgan fingerprint density at radius 3 is 1.70 bits per heavy atom. The molecular weight excluding hydrogens is 659 g/mol. The SMILES string of the molecule is CC.CC.CC.CC.CC.CC.Cc1cccc2c3c(n(-c4n(C)cc[n+]4C)c12)=CCCC=3.Cc1ccccc1-n1c2ccccc2c2ccc[n+](C)c21. The van der Waals surface area contributed by atoms with Crippen LogP contribution in [0.15, 0.2) is 97.5 Å². The van der Waals surface area contributed by atoms with E-state index in [1.165, 1.54) is 66.2 Å². The lowest BCUT2D eigenvalue weighted by Gasteiger charge is -2.04. The molecule has 5 nitrogen and oxygen atoms in total. The normalized spacial score (nSPS) is 10.5. The number of para-hydroxylation sites is 3. The summed E-state index contributed by atoms with van der Waals surface area (Å²) in [5.74, 6) is 1.20. The summed E-state index contributed by atoms with van der Waals surface area (Å²) < 4.78 is 11.3. The van der Waals surface area contributed by atoms with Crippen molar-refractivity contribution in [2.24, 2.45) is 21.1 Å². The van der Waals surface area contributed by atoms with Gasteiger partial charge in [0, 0.05) is 16.0 Å². The summed E-state index contributed by atoms with van der Waals surface area (Å²) >= 11 is 0. The highest BCUT2D eigenvalue weighted by Crippen LogP contribution is 2.30.